The first-order valence-corrected chi connectivity index (χ1v) is 13.5. The molecule has 40 heavy (non-hydrogen) atoms. The first-order valence-electron chi connectivity index (χ1n) is 13.5. The molecule has 210 valence electrons. The molecule has 0 bridgehead atoms. The van der Waals surface area contributed by atoms with E-state index >= 15 is 0 Å². The molecule has 3 aliphatic rings. The largest absolute Gasteiger partial charge is 1.00 e. The number of ether oxygens (including phenoxy) is 2. The van der Waals surface area contributed by atoms with E-state index in [-0.39, 0.29) is 50.8 Å². The Kier molecular flexibility index (Phi) is 12.0. The molecule has 4 atom stereocenters. The number of allylic oxidation sites excluding steroid dienone is 4. The summed E-state index contributed by atoms with van der Waals surface area (Å²) in [6.07, 6.45) is 12.1. The van der Waals surface area contributed by atoms with Gasteiger partial charge in [-0.25, -0.2) is 10.6 Å². The molecule has 0 saturated carbocycles. The van der Waals surface area contributed by atoms with Crippen molar-refractivity contribution in [1.29, 1.82) is 0 Å². The van der Waals surface area contributed by atoms with Crippen LogP contribution >= 0.6 is 0 Å². The van der Waals surface area contributed by atoms with Crippen molar-refractivity contribution in [1.82, 2.24) is 9.97 Å². The zero-order valence-corrected chi connectivity index (χ0v) is 24.0. The number of fused-ring (bicyclic) bond motifs is 1. The summed E-state index contributed by atoms with van der Waals surface area (Å²) in [6, 6.07) is 6.12. The zero-order chi connectivity index (χ0) is 26.5. The maximum absolute atomic E-state index is 11.1. The minimum atomic E-state index is -0.275. The van der Waals surface area contributed by atoms with Crippen LogP contribution in [0.1, 0.15) is 25.3 Å². The van der Waals surface area contributed by atoms with Crippen LogP contribution in [0, 0.1) is 31.8 Å². The molecule has 3 unspecified atom stereocenters. The second-order valence-electron chi connectivity index (χ2n) is 10.4. The van der Waals surface area contributed by atoms with E-state index in [1.807, 2.05) is 31.4 Å². The predicted octanol–water partition coefficient (Wildman–Crippen LogP) is 0.819. The summed E-state index contributed by atoms with van der Waals surface area (Å²) in [4.78, 5) is 25.7. The molecule has 0 amide bonds. The molecule has 3 heterocycles. The summed E-state index contributed by atoms with van der Waals surface area (Å²) in [5.74, 6) is 1.53. The van der Waals surface area contributed by atoms with E-state index in [9.17, 15) is 9.90 Å². The van der Waals surface area contributed by atoms with E-state index in [4.69, 9.17) is 26.0 Å². The second-order valence-corrected chi connectivity index (χ2v) is 10.4. The van der Waals surface area contributed by atoms with E-state index in [1.54, 1.807) is 0 Å². The predicted molar refractivity (Wildman–Crippen MR) is 155 cm³/mol. The molecule has 1 N–H and O–H groups in total. The van der Waals surface area contributed by atoms with E-state index in [0.717, 1.165) is 28.7 Å². The number of aliphatic hydroxyl groups is 1. The Morgan fingerprint density at radius 1 is 1.20 bits per heavy atom. The van der Waals surface area contributed by atoms with Crippen molar-refractivity contribution in [2.24, 2.45) is 17.8 Å². The van der Waals surface area contributed by atoms with Crippen molar-refractivity contribution in [3.05, 3.63) is 62.1 Å². The number of hydrogen-bond donors (Lipinski definition) is 1. The van der Waals surface area contributed by atoms with Gasteiger partial charge in [0.15, 0.2) is 0 Å². The monoisotopic (exact) mass is 538 g/mol. The maximum atomic E-state index is 11.1. The summed E-state index contributed by atoms with van der Waals surface area (Å²) < 4.78 is 11.7. The molecule has 2 aliphatic heterocycles. The number of aliphatic hydroxyl groups excluding tert-OH is 1. The fourth-order valence-electron chi connectivity index (χ4n) is 5.45. The number of rotatable bonds is 8. The normalized spacial score (nSPS) is 23.6. The van der Waals surface area contributed by atoms with E-state index in [1.165, 1.54) is 0 Å². The van der Waals surface area contributed by atoms with Crippen molar-refractivity contribution in [2.45, 2.75) is 25.8 Å². The number of anilines is 2. The number of carbonyl (C=O) groups excluding carboxylic acids is 1. The van der Waals surface area contributed by atoms with Crippen LogP contribution in [0.15, 0.2) is 42.5 Å². The molecular formula is C31H39LiN4O4-2. The topological polar surface area (TPSA) is 88.0 Å². The van der Waals surface area contributed by atoms with Crippen molar-refractivity contribution in [2.75, 3.05) is 62.5 Å². The average Bonchev–Trinajstić information content (AvgIpc) is 3.22. The first-order chi connectivity index (χ1) is 18.6. The van der Waals surface area contributed by atoms with E-state index in [2.05, 4.69) is 34.1 Å². The third-order valence-electron chi connectivity index (χ3n) is 7.59. The Labute approximate surface area is 250 Å². The number of nitrogens with zero attached hydrogens (tertiary/aromatic N) is 4. The van der Waals surface area contributed by atoms with Crippen LogP contribution in [-0.2, 0) is 14.3 Å². The SMILES string of the molecule is [CH-]=C(CC(C)[C-]=O)c1ccc2nc(N3CCOCC(CO)C3)nc(N3CCOC[C@@H]3C3C=CC=CC3)c2c1.[CH3-].[Li+]. The quantitative estimate of drug-likeness (QED) is 0.391. The molecule has 0 spiro atoms. The van der Waals surface area contributed by atoms with Crippen LogP contribution < -0.4 is 28.7 Å². The molecule has 8 nitrogen and oxygen atoms in total. The molecule has 2 fully saturated rings. The van der Waals surface area contributed by atoms with E-state index < -0.39 is 0 Å². The smallest absolute Gasteiger partial charge is 0.542 e. The summed E-state index contributed by atoms with van der Waals surface area (Å²) in [5, 5.41) is 10.8. The Morgan fingerprint density at radius 3 is 2.75 bits per heavy atom. The molecule has 0 radical (unpaired) electrons. The van der Waals surface area contributed by atoms with Gasteiger partial charge in [0.2, 0.25) is 5.95 Å². The van der Waals surface area contributed by atoms with Crippen LogP contribution in [-0.4, -0.2) is 80.1 Å². The molecule has 1 aliphatic carbocycles. The molecule has 1 aromatic carbocycles. The van der Waals surface area contributed by atoms with Gasteiger partial charge in [-0.15, -0.1) is 18.1 Å². The Hall–Kier alpha value is -2.47. The minimum absolute atomic E-state index is 0. The summed E-state index contributed by atoms with van der Waals surface area (Å²) in [7, 11) is 0. The molecule has 2 saturated heterocycles. The van der Waals surface area contributed by atoms with Gasteiger partial charge in [0.25, 0.3) is 0 Å². The van der Waals surface area contributed by atoms with Gasteiger partial charge >= 0.3 is 18.9 Å². The van der Waals surface area contributed by atoms with Gasteiger partial charge in [0.05, 0.1) is 38.0 Å². The fraction of sp³-hybridized carbons (Fsp3) is 0.484. The van der Waals surface area contributed by atoms with Gasteiger partial charge in [-0.05, 0) is 6.42 Å². The number of hydrogen-bond acceptors (Lipinski definition) is 8. The van der Waals surface area contributed by atoms with Gasteiger partial charge in [-0.2, -0.15) is 10.5 Å². The van der Waals surface area contributed by atoms with Gasteiger partial charge in [0.1, 0.15) is 5.82 Å². The average molecular weight is 539 g/mol. The number of aromatic nitrogens is 2. The van der Waals surface area contributed by atoms with Crippen LogP contribution in [0.3, 0.4) is 0 Å². The molecule has 1 aromatic heterocycles. The summed E-state index contributed by atoms with van der Waals surface area (Å²) in [6.45, 7) is 12.6. The van der Waals surface area contributed by atoms with Crippen molar-refractivity contribution in [3.8, 4) is 0 Å². The molecule has 9 heteroatoms. The van der Waals surface area contributed by atoms with Crippen molar-refractivity contribution >= 4 is 34.5 Å². The third-order valence-corrected chi connectivity index (χ3v) is 7.59. The summed E-state index contributed by atoms with van der Waals surface area (Å²) in [5.41, 5.74) is 2.34. The fourth-order valence-corrected chi connectivity index (χ4v) is 5.45. The Balaban J connectivity index is 0.00000220. The zero-order valence-electron chi connectivity index (χ0n) is 24.0. The minimum Gasteiger partial charge on any atom is -0.542 e. The molecule has 2 aromatic rings. The van der Waals surface area contributed by atoms with Crippen LogP contribution in [0.2, 0.25) is 0 Å². The summed E-state index contributed by atoms with van der Waals surface area (Å²) >= 11 is 0. The maximum Gasteiger partial charge on any atom is 1.00 e. The van der Waals surface area contributed by atoms with Crippen LogP contribution in [0.5, 0.6) is 0 Å². The second kappa shape index (κ2) is 15.0. The van der Waals surface area contributed by atoms with Gasteiger partial charge in [-0.3, -0.25) is 12.9 Å². The van der Waals surface area contributed by atoms with Gasteiger partial charge < -0.3 is 36.6 Å². The molecule has 5 rings (SSSR count). The van der Waals surface area contributed by atoms with Gasteiger partial charge in [0, 0.05) is 43.5 Å². The number of morpholine rings is 1. The Morgan fingerprint density at radius 2 is 2.00 bits per heavy atom. The van der Waals surface area contributed by atoms with Crippen molar-refractivity contribution < 1.29 is 38.2 Å². The van der Waals surface area contributed by atoms with Crippen molar-refractivity contribution in [3.63, 3.8) is 0 Å². The van der Waals surface area contributed by atoms with Gasteiger partial charge in [-0.1, -0.05) is 43.7 Å². The third kappa shape index (κ3) is 7.23. The standard InChI is InChI=1S/C30H36N4O4.CH3.Li/c1-21(17-35)14-22(2)25-8-9-27-26(15-25)29(32-30(31-27)33-10-12-37-19-23(16-33)18-36)34-11-13-38-20-28(34)24-6-4-3-5-7-24;;/h2-6,8-9,15,21,23-24,28,36H,7,10-14,16,18-20H2,1H3;1H3;/q-2;-1;+1/t21?,23?,24?,28-;;/m1../s1. The Bertz CT molecular complexity index is 1220. The first kappa shape index (κ1) is 32.0. The van der Waals surface area contributed by atoms with Crippen LogP contribution in [0.25, 0.3) is 16.5 Å². The van der Waals surface area contributed by atoms with E-state index in [0.29, 0.717) is 69.9 Å². The van der Waals surface area contributed by atoms with Crippen LogP contribution in [0.4, 0.5) is 11.8 Å². The number of benzene rings is 1. The molecular weight excluding hydrogens is 499 g/mol.